The molecule has 26 heavy (non-hydrogen) atoms. The number of rotatable bonds is 8. The van der Waals surface area contributed by atoms with Crippen molar-refractivity contribution >= 4 is 11.7 Å². The summed E-state index contributed by atoms with van der Waals surface area (Å²) in [7, 11) is 0. The van der Waals surface area contributed by atoms with Crippen molar-refractivity contribution in [2.45, 2.75) is 13.2 Å². The van der Waals surface area contributed by atoms with Crippen LogP contribution in [0.2, 0.25) is 0 Å². The Morgan fingerprint density at radius 2 is 1.38 bits per heavy atom. The lowest BCUT2D eigenvalue weighted by Gasteiger charge is -2.23. The zero-order valence-electron chi connectivity index (χ0n) is 14.4. The molecule has 0 unspecified atom stereocenters. The van der Waals surface area contributed by atoms with Crippen LogP contribution in [0.3, 0.4) is 0 Å². The highest BCUT2D eigenvalue weighted by Crippen LogP contribution is 2.22. The van der Waals surface area contributed by atoms with E-state index in [0.717, 1.165) is 22.6 Å². The summed E-state index contributed by atoms with van der Waals surface area (Å²) in [6.07, 6.45) is 0. The molecule has 0 bridgehead atoms. The molecule has 3 rings (SSSR count). The molecule has 4 nitrogen and oxygen atoms in total. The smallest absolute Gasteiger partial charge is 0.323 e. The highest BCUT2D eigenvalue weighted by atomic mass is 16.5. The molecule has 0 radical (unpaired) electrons. The highest BCUT2D eigenvalue weighted by molar-refractivity contribution is 5.73. The first-order valence-corrected chi connectivity index (χ1v) is 8.48. The Bertz CT molecular complexity index is 817. The Hall–Kier alpha value is -3.27. The molecule has 0 heterocycles. The Morgan fingerprint density at radius 1 is 0.808 bits per heavy atom. The number of carboxylic acid groups (broad SMARTS) is 1. The van der Waals surface area contributed by atoms with Gasteiger partial charge in [0.05, 0.1) is 0 Å². The summed E-state index contributed by atoms with van der Waals surface area (Å²) in [5.74, 6) is -0.0991. The maximum Gasteiger partial charge on any atom is 0.323 e. The van der Waals surface area contributed by atoms with Gasteiger partial charge in [-0.15, -0.1) is 0 Å². The average Bonchev–Trinajstić information content (AvgIpc) is 2.68. The summed E-state index contributed by atoms with van der Waals surface area (Å²) in [5, 5.41) is 9.22. The number of carbonyl (C=O) groups is 1. The Morgan fingerprint density at radius 3 is 1.96 bits per heavy atom. The van der Waals surface area contributed by atoms with Crippen molar-refractivity contribution < 1.29 is 14.6 Å². The molecule has 0 aliphatic rings. The molecule has 132 valence electrons. The molecule has 0 fully saturated rings. The van der Waals surface area contributed by atoms with Crippen LogP contribution in [-0.4, -0.2) is 17.6 Å². The second-order valence-electron chi connectivity index (χ2n) is 6.00. The third-order valence-corrected chi connectivity index (χ3v) is 3.99. The normalized spacial score (nSPS) is 10.3. The molecular weight excluding hydrogens is 326 g/mol. The molecule has 4 heteroatoms. The number of benzene rings is 3. The van der Waals surface area contributed by atoms with Crippen molar-refractivity contribution in [3.05, 3.63) is 96.1 Å². The van der Waals surface area contributed by atoms with E-state index in [1.54, 1.807) is 0 Å². The summed E-state index contributed by atoms with van der Waals surface area (Å²) in [6, 6.07) is 27.3. The summed E-state index contributed by atoms with van der Waals surface area (Å²) in [4.78, 5) is 13.1. The van der Waals surface area contributed by atoms with Crippen molar-refractivity contribution in [3.63, 3.8) is 0 Å². The first-order chi connectivity index (χ1) is 12.7. The fourth-order valence-electron chi connectivity index (χ4n) is 2.70. The molecular formula is C22H21NO3. The van der Waals surface area contributed by atoms with Crippen molar-refractivity contribution in [3.8, 4) is 5.75 Å². The zero-order valence-corrected chi connectivity index (χ0v) is 14.4. The van der Waals surface area contributed by atoms with Crippen molar-refractivity contribution in [1.29, 1.82) is 0 Å². The lowest BCUT2D eigenvalue weighted by Crippen LogP contribution is -2.29. The predicted octanol–water partition coefficient (Wildman–Crippen LogP) is 4.36. The van der Waals surface area contributed by atoms with E-state index in [0.29, 0.717) is 13.2 Å². The first-order valence-electron chi connectivity index (χ1n) is 8.48. The topological polar surface area (TPSA) is 49.8 Å². The number of hydrogen-bond donors (Lipinski definition) is 1. The Kier molecular flexibility index (Phi) is 5.88. The fraction of sp³-hybridized carbons (Fsp3) is 0.136. The molecule has 0 saturated carbocycles. The molecule has 0 spiro atoms. The van der Waals surface area contributed by atoms with E-state index in [2.05, 4.69) is 0 Å². The van der Waals surface area contributed by atoms with Gasteiger partial charge in [-0.05, 0) is 35.4 Å². The van der Waals surface area contributed by atoms with Crippen LogP contribution in [0.4, 0.5) is 5.69 Å². The molecule has 0 aliphatic carbocycles. The zero-order chi connectivity index (χ0) is 18.2. The van der Waals surface area contributed by atoms with E-state index in [-0.39, 0.29) is 6.54 Å². The van der Waals surface area contributed by atoms with Gasteiger partial charge in [-0.2, -0.15) is 0 Å². The van der Waals surface area contributed by atoms with E-state index in [1.165, 1.54) is 0 Å². The quantitative estimate of drug-likeness (QED) is 0.658. The summed E-state index contributed by atoms with van der Waals surface area (Å²) in [6.45, 7) is 0.986. The first kappa shape index (κ1) is 17.5. The van der Waals surface area contributed by atoms with Gasteiger partial charge in [-0.25, -0.2) is 0 Å². The van der Waals surface area contributed by atoms with Crippen LogP contribution in [-0.2, 0) is 17.9 Å². The molecule has 0 aliphatic heterocycles. The van der Waals surface area contributed by atoms with Crippen molar-refractivity contribution in [1.82, 2.24) is 0 Å². The minimum absolute atomic E-state index is 0.0564. The van der Waals surface area contributed by atoms with Crippen molar-refractivity contribution in [2.24, 2.45) is 0 Å². The molecule has 0 saturated heterocycles. The highest BCUT2D eigenvalue weighted by Gasteiger charge is 2.11. The number of aliphatic carboxylic acids is 1. The third-order valence-electron chi connectivity index (χ3n) is 3.99. The molecule has 0 atom stereocenters. The number of anilines is 1. The Labute approximate surface area is 153 Å². The lowest BCUT2D eigenvalue weighted by atomic mass is 10.2. The largest absolute Gasteiger partial charge is 0.489 e. The maximum atomic E-state index is 11.2. The van der Waals surface area contributed by atoms with Crippen LogP contribution in [0, 0.1) is 0 Å². The van der Waals surface area contributed by atoms with Crippen LogP contribution >= 0.6 is 0 Å². The van der Waals surface area contributed by atoms with Gasteiger partial charge >= 0.3 is 5.97 Å². The standard InChI is InChI=1S/C22H21NO3/c24-22(25)16-23(15-18-7-3-1-4-8-18)20-11-13-21(14-12-20)26-17-19-9-5-2-6-10-19/h1-14H,15-17H2,(H,24,25). The van der Waals surface area contributed by atoms with Gasteiger partial charge in [0.2, 0.25) is 0 Å². The monoisotopic (exact) mass is 347 g/mol. The van der Waals surface area contributed by atoms with Crippen LogP contribution in [0.5, 0.6) is 5.75 Å². The van der Waals surface area contributed by atoms with E-state index >= 15 is 0 Å². The third kappa shape index (κ3) is 5.11. The summed E-state index contributed by atoms with van der Waals surface area (Å²) >= 11 is 0. The fourth-order valence-corrected chi connectivity index (χ4v) is 2.70. The lowest BCUT2D eigenvalue weighted by molar-refractivity contribution is -0.135. The van der Waals surface area contributed by atoms with Gasteiger partial charge in [0.1, 0.15) is 18.9 Å². The second-order valence-corrected chi connectivity index (χ2v) is 6.00. The molecule has 1 N–H and O–H groups in total. The van der Waals surface area contributed by atoms with Crippen LogP contribution in [0.15, 0.2) is 84.9 Å². The molecule has 0 amide bonds. The average molecular weight is 347 g/mol. The van der Waals surface area contributed by atoms with E-state index in [9.17, 15) is 9.90 Å². The minimum atomic E-state index is -0.856. The van der Waals surface area contributed by atoms with Crippen molar-refractivity contribution in [2.75, 3.05) is 11.4 Å². The Balaban J connectivity index is 1.68. The van der Waals surface area contributed by atoms with Crippen LogP contribution < -0.4 is 9.64 Å². The van der Waals surface area contributed by atoms with Gasteiger partial charge in [-0.1, -0.05) is 60.7 Å². The maximum absolute atomic E-state index is 11.2. The SMILES string of the molecule is O=C(O)CN(Cc1ccccc1)c1ccc(OCc2ccccc2)cc1. The minimum Gasteiger partial charge on any atom is -0.489 e. The van der Waals surface area contributed by atoms with E-state index in [1.807, 2.05) is 89.8 Å². The van der Waals surface area contributed by atoms with Gasteiger partial charge in [0, 0.05) is 12.2 Å². The number of nitrogens with zero attached hydrogens (tertiary/aromatic N) is 1. The molecule has 0 aromatic heterocycles. The van der Waals surface area contributed by atoms with E-state index in [4.69, 9.17) is 4.74 Å². The number of ether oxygens (including phenoxy) is 1. The summed E-state index contributed by atoms with van der Waals surface area (Å²) < 4.78 is 5.79. The van der Waals surface area contributed by atoms with Crippen LogP contribution in [0.1, 0.15) is 11.1 Å². The second kappa shape index (κ2) is 8.72. The summed E-state index contributed by atoms with van der Waals surface area (Å²) in [5.41, 5.74) is 3.02. The van der Waals surface area contributed by atoms with Gasteiger partial charge in [0.15, 0.2) is 0 Å². The van der Waals surface area contributed by atoms with Crippen LogP contribution in [0.25, 0.3) is 0 Å². The van der Waals surface area contributed by atoms with E-state index < -0.39 is 5.97 Å². The predicted molar refractivity (Wildman–Crippen MR) is 102 cm³/mol. The van der Waals surface area contributed by atoms with Gasteiger partial charge in [0.25, 0.3) is 0 Å². The number of hydrogen-bond acceptors (Lipinski definition) is 3. The number of carboxylic acids is 1. The molecule has 3 aromatic carbocycles. The van der Waals surface area contributed by atoms with Gasteiger partial charge < -0.3 is 14.7 Å². The van der Waals surface area contributed by atoms with Gasteiger partial charge in [-0.3, -0.25) is 4.79 Å². The molecule has 3 aromatic rings.